The number of nitrogens with zero attached hydrogens (tertiary/aromatic N) is 1. The molecule has 0 unspecified atom stereocenters. The van der Waals surface area contributed by atoms with Crippen LogP contribution in [0.4, 0.5) is 11.4 Å². The van der Waals surface area contributed by atoms with E-state index >= 15 is 0 Å². The average Bonchev–Trinajstić information content (AvgIpc) is 2.49. The van der Waals surface area contributed by atoms with E-state index in [1.54, 1.807) is 43.3 Å². The number of sulfonamides is 1. The molecule has 25 heavy (non-hydrogen) atoms. The van der Waals surface area contributed by atoms with Crippen LogP contribution < -0.4 is 9.62 Å². The number of hydrogen-bond acceptors (Lipinski definition) is 3. The van der Waals surface area contributed by atoms with Gasteiger partial charge in [-0.3, -0.25) is 9.10 Å². The predicted molar refractivity (Wildman–Crippen MR) is 103 cm³/mol. The number of anilines is 2. The minimum Gasteiger partial charge on any atom is -0.324 e. The molecule has 0 bridgehead atoms. The van der Waals surface area contributed by atoms with Gasteiger partial charge >= 0.3 is 0 Å². The van der Waals surface area contributed by atoms with Crippen molar-refractivity contribution in [1.82, 2.24) is 0 Å². The molecule has 134 valence electrons. The number of carbonyl (C=O) groups excluding carboxylic acids is 1. The number of halogens is 1. The second-order valence-electron chi connectivity index (χ2n) is 6.03. The number of rotatable bonds is 5. The van der Waals surface area contributed by atoms with Crippen molar-refractivity contribution in [3.63, 3.8) is 0 Å². The third-order valence-electron chi connectivity index (χ3n) is 3.78. The summed E-state index contributed by atoms with van der Waals surface area (Å²) in [4.78, 5) is 12.6. The van der Waals surface area contributed by atoms with E-state index in [9.17, 15) is 13.2 Å². The van der Waals surface area contributed by atoms with Crippen molar-refractivity contribution in [2.75, 3.05) is 15.9 Å². The SMILES string of the molecule is Cc1cccc(N([C@H](C)C(=O)Nc2ccc(C)c(Cl)c2)S(C)(=O)=O)c1. The van der Waals surface area contributed by atoms with Crippen molar-refractivity contribution in [2.45, 2.75) is 26.8 Å². The molecular formula is C18H21ClN2O3S. The zero-order chi connectivity index (χ0) is 18.8. The molecule has 1 amide bonds. The van der Waals surface area contributed by atoms with Crippen LogP contribution in [-0.4, -0.2) is 26.6 Å². The fourth-order valence-electron chi connectivity index (χ4n) is 2.49. The topological polar surface area (TPSA) is 66.5 Å². The summed E-state index contributed by atoms with van der Waals surface area (Å²) in [5.41, 5.74) is 2.77. The van der Waals surface area contributed by atoms with E-state index in [4.69, 9.17) is 11.6 Å². The van der Waals surface area contributed by atoms with Gasteiger partial charge in [-0.1, -0.05) is 29.8 Å². The lowest BCUT2D eigenvalue weighted by Crippen LogP contribution is -2.45. The zero-order valence-electron chi connectivity index (χ0n) is 14.6. The highest BCUT2D eigenvalue weighted by molar-refractivity contribution is 7.92. The van der Waals surface area contributed by atoms with Gasteiger partial charge in [0.25, 0.3) is 0 Å². The largest absolute Gasteiger partial charge is 0.324 e. The van der Waals surface area contributed by atoms with E-state index in [1.165, 1.54) is 0 Å². The van der Waals surface area contributed by atoms with Crippen LogP contribution in [-0.2, 0) is 14.8 Å². The van der Waals surface area contributed by atoms with Gasteiger partial charge in [-0.05, 0) is 56.2 Å². The van der Waals surface area contributed by atoms with E-state index in [-0.39, 0.29) is 0 Å². The highest BCUT2D eigenvalue weighted by Crippen LogP contribution is 2.24. The van der Waals surface area contributed by atoms with Crippen molar-refractivity contribution in [3.05, 3.63) is 58.6 Å². The first kappa shape index (κ1) is 19.3. The van der Waals surface area contributed by atoms with Gasteiger partial charge in [0.05, 0.1) is 11.9 Å². The van der Waals surface area contributed by atoms with E-state index in [0.717, 1.165) is 21.7 Å². The molecule has 0 saturated heterocycles. The number of aryl methyl sites for hydroxylation is 2. The molecule has 2 rings (SSSR count). The monoisotopic (exact) mass is 380 g/mol. The zero-order valence-corrected chi connectivity index (χ0v) is 16.1. The maximum absolute atomic E-state index is 12.6. The fraction of sp³-hybridized carbons (Fsp3) is 0.278. The first-order valence-corrected chi connectivity index (χ1v) is 9.95. The molecular weight excluding hydrogens is 360 g/mol. The summed E-state index contributed by atoms with van der Waals surface area (Å²) in [5.74, 6) is -0.438. The minimum atomic E-state index is -3.64. The summed E-state index contributed by atoms with van der Waals surface area (Å²) in [5, 5.41) is 3.25. The summed E-state index contributed by atoms with van der Waals surface area (Å²) in [6, 6.07) is 11.3. The number of amides is 1. The van der Waals surface area contributed by atoms with Gasteiger partial charge < -0.3 is 5.32 Å². The predicted octanol–water partition coefficient (Wildman–Crippen LogP) is 3.75. The summed E-state index contributed by atoms with van der Waals surface area (Å²) in [6.07, 6.45) is 1.09. The second kappa shape index (κ2) is 7.45. The van der Waals surface area contributed by atoms with Gasteiger partial charge in [0, 0.05) is 10.7 Å². The number of nitrogens with one attached hydrogen (secondary N) is 1. The Hall–Kier alpha value is -2.05. The summed E-state index contributed by atoms with van der Waals surface area (Å²) in [7, 11) is -3.64. The molecule has 1 N–H and O–H groups in total. The van der Waals surface area contributed by atoms with E-state index in [0.29, 0.717) is 16.4 Å². The molecule has 0 aliphatic carbocycles. The Balaban J connectivity index is 2.31. The third-order valence-corrected chi connectivity index (χ3v) is 5.43. The summed E-state index contributed by atoms with van der Waals surface area (Å²) >= 11 is 6.07. The molecule has 0 heterocycles. The quantitative estimate of drug-likeness (QED) is 0.858. The van der Waals surface area contributed by atoms with Gasteiger partial charge in [-0.25, -0.2) is 8.42 Å². The molecule has 0 radical (unpaired) electrons. The van der Waals surface area contributed by atoms with Crippen LogP contribution in [0.15, 0.2) is 42.5 Å². The van der Waals surface area contributed by atoms with Crippen LogP contribution >= 0.6 is 11.6 Å². The normalized spacial score (nSPS) is 12.5. The lowest BCUT2D eigenvalue weighted by Gasteiger charge is -2.28. The Morgan fingerprint density at radius 3 is 2.40 bits per heavy atom. The van der Waals surface area contributed by atoms with Crippen LogP contribution in [0.3, 0.4) is 0 Å². The Morgan fingerprint density at radius 1 is 1.16 bits per heavy atom. The Bertz CT molecular complexity index is 897. The molecule has 2 aromatic rings. The van der Waals surface area contributed by atoms with E-state index < -0.39 is 22.0 Å². The lowest BCUT2D eigenvalue weighted by atomic mass is 10.2. The standard InChI is InChI=1S/C18H21ClN2O3S/c1-12-6-5-7-16(10-12)21(25(4,23)24)14(3)18(22)20-15-9-8-13(2)17(19)11-15/h5-11,14H,1-4H3,(H,20,22)/t14-/m1/s1. The van der Waals surface area contributed by atoms with Gasteiger partial charge in [-0.15, -0.1) is 0 Å². The van der Waals surface area contributed by atoms with Gasteiger partial charge in [0.2, 0.25) is 15.9 Å². The molecule has 5 nitrogen and oxygen atoms in total. The number of hydrogen-bond donors (Lipinski definition) is 1. The van der Waals surface area contributed by atoms with Crippen molar-refractivity contribution in [1.29, 1.82) is 0 Å². The molecule has 0 aromatic heterocycles. The molecule has 1 atom stereocenters. The Labute approximate surface area is 153 Å². The van der Waals surface area contributed by atoms with Gasteiger partial charge in [0.1, 0.15) is 6.04 Å². The second-order valence-corrected chi connectivity index (χ2v) is 8.29. The molecule has 7 heteroatoms. The lowest BCUT2D eigenvalue weighted by molar-refractivity contribution is -0.116. The van der Waals surface area contributed by atoms with Crippen molar-refractivity contribution in [2.24, 2.45) is 0 Å². The highest BCUT2D eigenvalue weighted by Gasteiger charge is 2.29. The molecule has 0 aliphatic heterocycles. The Morgan fingerprint density at radius 2 is 1.84 bits per heavy atom. The van der Waals surface area contributed by atoms with Crippen LogP contribution in [0.5, 0.6) is 0 Å². The molecule has 0 saturated carbocycles. The minimum absolute atomic E-state index is 0.438. The first-order valence-electron chi connectivity index (χ1n) is 7.72. The van der Waals surface area contributed by atoms with E-state index in [1.807, 2.05) is 19.9 Å². The van der Waals surface area contributed by atoms with Crippen molar-refractivity contribution < 1.29 is 13.2 Å². The summed E-state index contributed by atoms with van der Waals surface area (Å²) in [6.45, 7) is 5.28. The van der Waals surface area contributed by atoms with Gasteiger partial charge in [-0.2, -0.15) is 0 Å². The average molecular weight is 381 g/mol. The summed E-state index contributed by atoms with van der Waals surface area (Å²) < 4.78 is 25.6. The van der Waals surface area contributed by atoms with Crippen molar-refractivity contribution in [3.8, 4) is 0 Å². The molecule has 0 fully saturated rings. The Kier molecular flexibility index (Phi) is 5.75. The van der Waals surface area contributed by atoms with Gasteiger partial charge in [0.15, 0.2) is 0 Å². The van der Waals surface area contributed by atoms with E-state index in [2.05, 4.69) is 5.32 Å². The van der Waals surface area contributed by atoms with Crippen LogP contribution in [0.2, 0.25) is 5.02 Å². The van der Waals surface area contributed by atoms with Crippen LogP contribution in [0, 0.1) is 13.8 Å². The number of carbonyl (C=O) groups is 1. The molecule has 2 aromatic carbocycles. The molecule has 0 aliphatic rings. The third kappa shape index (κ3) is 4.74. The number of benzene rings is 2. The van der Waals surface area contributed by atoms with Crippen LogP contribution in [0.25, 0.3) is 0 Å². The van der Waals surface area contributed by atoms with Crippen LogP contribution in [0.1, 0.15) is 18.1 Å². The highest BCUT2D eigenvalue weighted by atomic mass is 35.5. The first-order chi connectivity index (χ1) is 11.6. The maximum atomic E-state index is 12.6. The smallest absolute Gasteiger partial charge is 0.247 e. The molecule has 0 spiro atoms. The fourth-order valence-corrected chi connectivity index (χ4v) is 3.84. The van der Waals surface area contributed by atoms with Crippen molar-refractivity contribution >= 4 is 38.9 Å². The maximum Gasteiger partial charge on any atom is 0.247 e.